The van der Waals surface area contributed by atoms with Gasteiger partial charge < -0.3 is 9.40 Å². The number of benzene rings is 1. The van der Waals surface area contributed by atoms with Crippen LogP contribution in [-0.2, 0) is 16.2 Å². The molecule has 0 amide bonds. The molecular weight excluding hydrogens is 414 g/mol. The number of aromatic nitrogens is 1. The lowest BCUT2D eigenvalue weighted by Crippen LogP contribution is -2.47. The van der Waals surface area contributed by atoms with E-state index >= 15 is 0 Å². The van der Waals surface area contributed by atoms with Gasteiger partial charge in [-0.05, 0) is 63.4 Å². The van der Waals surface area contributed by atoms with Crippen LogP contribution in [0.25, 0.3) is 11.1 Å². The van der Waals surface area contributed by atoms with Crippen LogP contribution in [0.1, 0.15) is 46.2 Å². The van der Waals surface area contributed by atoms with Gasteiger partial charge in [-0.15, -0.1) is 5.06 Å². The molecule has 0 N–H and O–H groups in total. The first-order valence-corrected chi connectivity index (χ1v) is 11.1. The molecule has 168 valence electrons. The zero-order chi connectivity index (χ0) is 22.8. The summed E-state index contributed by atoms with van der Waals surface area (Å²) >= 11 is 6.06. The minimum absolute atomic E-state index is 0.0115. The van der Waals surface area contributed by atoms with Gasteiger partial charge in [-0.3, -0.25) is 9.69 Å². The highest BCUT2D eigenvalue weighted by atomic mass is 35.5. The maximum atomic E-state index is 12.7. The Morgan fingerprint density at radius 3 is 2.26 bits per heavy atom. The number of nitrogens with zero attached hydrogens (tertiary/aromatic N) is 3. The van der Waals surface area contributed by atoms with Gasteiger partial charge in [0.05, 0.1) is 5.41 Å². The number of halogens is 1. The Morgan fingerprint density at radius 2 is 1.71 bits per heavy atom. The molecule has 1 aromatic carbocycles. The van der Waals surface area contributed by atoms with Crippen LogP contribution >= 0.6 is 11.6 Å². The Balaban J connectivity index is 1.78. The van der Waals surface area contributed by atoms with Crippen LogP contribution in [0, 0.1) is 5.41 Å². The Bertz CT molecular complexity index is 969. The summed E-state index contributed by atoms with van der Waals surface area (Å²) in [6, 6.07) is 9.39. The van der Waals surface area contributed by atoms with Crippen molar-refractivity contribution in [3.63, 3.8) is 0 Å². The molecule has 0 radical (unpaired) electrons. The second-order valence-corrected chi connectivity index (χ2v) is 9.83. The normalized spacial score (nSPS) is 16.0. The quantitative estimate of drug-likeness (QED) is 0.683. The minimum atomic E-state index is -0.519. The maximum absolute atomic E-state index is 12.7. The van der Waals surface area contributed by atoms with E-state index in [0.717, 1.165) is 29.8 Å². The molecule has 0 unspecified atom stereocenters. The second-order valence-electron chi connectivity index (χ2n) is 9.39. The molecule has 0 saturated carbocycles. The van der Waals surface area contributed by atoms with Gasteiger partial charge in [0.1, 0.15) is 0 Å². The highest BCUT2D eigenvalue weighted by Crippen LogP contribution is 2.26. The minimum Gasteiger partial charge on any atom is -0.367 e. The molecule has 1 aliphatic rings. The average Bonchev–Trinajstić information content (AvgIpc) is 2.70. The van der Waals surface area contributed by atoms with E-state index in [9.17, 15) is 9.59 Å². The van der Waals surface area contributed by atoms with Gasteiger partial charge >= 0.3 is 5.97 Å². The molecule has 1 aliphatic heterocycles. The molecule has 2 heterocycles. The first-order valence-electron chi connectivity index (χ1n) is 10.8. The number of hydrogen-bond acceptors (Lipinski definition) is 5. The predicted octanol–water partition coefficient (Wildman–Crippen LogP) is 4.37. The van der Waals surface area contributed by atoms with Crippen molar-refractivity contribution >= 4 is 17.6 Å². The van der Waals surface area contributed by atoms with Gasteiger partial charge in [0.25, 0.3) is 5.56 Å². The van der Waals surface area contributed by atoms with Crippen molar-refractivity contribution in [1.82, 2.24) is 14.5 Å². The van der Waals surface area contributed by atoms with E-state index in [1.165, 1.54) is 0 Å². The number of rotatable bonds is 5. The zero-order valence-corrected chi connectivity index (χ0v) is 19.8. The van der Waals surface area contributed by atoms with Crippen molar-refractivity contribution in [2.45, 2.75) is 47.2 Å². The molecule has 1 aromatic heterocycles. The third-order valence-corrected chi connectivity index (χ3v) is 5.68. The summed E-state index contributed by atoms with van der Waals surface area (Å²) in [4.78, 5) is 32.7. The molecule has 0 spiro atoms. The Hall–Kier alpha value is -2.15. The van der Waals surface area contributed by atoms with Crippen LogP contribution in [0.2, 0.25) is 5.02 Å². The van der Waals surface area contributed by atoms with Gasteiger partial charge in [-0.1, -0.05) is 23.7 Å². The average molecular weight is 446 g/mol. The lowest BCUT2D eigenvalue weighted by Gasteiger charge is -2.35. The molecule has 6 nitrogen and oxygen atoms in total. The van der Waals surface area contributed by atoms with Gasteiger partial charge in [0.15, 0.2) is 0 Å². The van der Waals surface area contributed by atoms with E-state index in [1.807, 2.05) is 65.1 Å². The molecule has 0 aliphatic carbocycles. The molecule has 1 fully saturated rings. The molecule has 1 saturated heterocycles. The van der Waals surface area contributed by atoms with E-state index in [0.29, 0.717) is 24.7 Å². The van der Waals surface area contributed by atoms with Crippen LogP contribution in [0.5, 0.6) is 0 Å². The third-order valence-electron chi connectivity index (χ3n) is 5.42. The number of pyridine rings is 1. The maximum Gasteiger partial charge on any atom is 0.330 e. The zero-order valence-electron chi connectivity index (χ0n) is 19.0. The number of piperazine rings is 1. The molecule has 3 rings (SSSR count). The van der Waals surface area contributed by atoms with Crippen molar-refractivity contribution < 1.29 is 9.63 Å². The van der Waals surface area contributed by atoms with Crippen LogP contribution in [0.15, 0.2) is 41.3 Å². The van der Waals surface area contributed by atoms with Crippen molar-refractivity contribution in [1.29, 1.82) is 0 Å². The molecule has 2 aromatic rings. The fourth-order valence-corrected chi connectivity index (χ4v) is 3.62. The fraction of sp³-hybridized carbons (Fsp3) is 0.500. The Kier molecular flexibility index (Phi) is 7.24. The topological polar surface area (TPSA) is 54.8 Å². The number of hydroxylamine groups is 2. The van der Waals surface area contributed by atoms with Crippen molar-refractivity contribution in [2.24, 2.45) is 5.41 Å². The monoisotopic (exact) mass is 445 g/mol. The Labute approximate surface area is 189 Å². The smallest absolute Gasteiger partial charge is 0.330 e. The first kappa shape index (κ1) is 23.5. The Morgan fingerprint density at radius 1 is 1.10 bits per heavy atom. The number of carbonyl (C=O) groups excluding carboxylic acids is 1. The molecule has 0 bridgehead atoms. The summed E-state index contributed by atoms with van der Waals surface area (Å²) in [5.41, 5.74) is 2.47. The molecule has 0 atom stereocenters. The van der Waals surface area contributed by atoms with Gasteiger partial charge in [0, 0.05) is 56.1 Å². The van der Waals surface area contributed by atoms with Crippen molar-refractivity contribution in [2.75, 3.05) is 26.2 Å². The van der Waals surface area contributed by atoms with Crippen LogP contribution in [0.4, 0.5) is 0 Å². The van der Waals surface area contributed by atoms with E-state index in [-0.39, 0.29) is 17.6 Å². The number of hydrogen-bond donors (Lipinski definition) is 0. The van der Waals surface area contributed by atoms with E-state index < -0.39 is 5.41 Å². The van der Waals surface area contributed by atoms with Crippen LogP contribution in [-0.4, -0.2) is 46.7 Å². The van der Waals surface area contributed by atoms with Crippen LogP contribution in [0.3, 0.4) is 0 Å². The summed E-state index contributed by atoms with van der Waals surface area (Å²) in [5, 5.41) is 2.42. The van der Waals surface area contributed by atoms with E-state index in [2.05, 4.69) is 4.90 Å². The summed E-state index contributed by atoms with van der Waals surface area (Å²) in [6.45, 7) is 13.2. The SMILES string of the molecule is CC(C)n1cc(CN2CCN(OC(=O)C(C)(C)C)CC2)c(-c2ccc(Cl)cc2)cc1=O. The van der Waals surface area contributed by atoms with E-state index in [1.54, 1.807) is 15.7 Å². The summed E-state index contributed by atoms with van der Waals surface area (Å²) < 4.78 is 1.77. The standard InChI is InChI=1S/C24H32ClN3O3/c1-17(2)28-16-19(21(14-22(28)29)18-6-8-20(25)9-7-18)15-26-10-12-27(13-11-26)31-23(30)24(3,4)5/h6-9,14,16-17H,10-13,15H2,1-5H3. The van der Waals surface area contributed by atoms with Gasteiger partial charge in [0.2, 0.25) is 0 Å². The molecular formula is C24H32ClN3O3. The summed E-state index contributed by atoms with van der Waals surface area (Å²) in [7, 11) is 0. The summed E-state index contributed by atoms with van der Waals surface area (Å²) in [6.07, 6.45) is 1.98. The largest absolute Gasteiger partial charge is 0.367 e. The third kappa shape index (κ3) is 5.97. The lowest BCUT2D eigenvalue weighted by atomic mass is 9.98. The first-order chi connectivity index (χ1) is 14.5. The highest BCUT2D eigenvalue weighted by molar-refractivity contribution is 6.30. The summed E-state index contributed by atoms with van der Waals surface area (Å²) in [5.74, 6) is -0.213. The number of carbonyl (C=O) groups is 1. The highest BCUT2D eigenvalue weighted by Gasteiger charge is 2.28. The van der Waals surface area contributed by atoms with Gasteiger partial charge in [-0.25, -0.2) is 4.79 Å². The predicted molar refractivity (Wildman–Crippen MR) is 124 cm³/mol. The van der Waals surface area contributed by atoms with E-state index in [4.69, 9.17) is 16.4 Å². The molecule has 7 heteroatoms. The second kappa shape index (κ2) is 9.55. The fourth-order valence-electron chi connectivity index (χ4n) is 3.49. The van der Waals surface area contributed by atoms with Crippen LogP contribution < -0.4 is 5.56 Å². The lowest BCUT2D eigenvalue weighted by molar-refractivity contribution is -0.207. The van der Waals surface area contributed by atoms with Crippen molar-refractivity contribution in [3.8, 4) is 11.1 Å². The molecule has 31 heavy (non-hydrogen) atoms. The van der Waals surface area contributed by atoms with Crippen molar-refractivity contribution in [3.05, 3.63) is 57.5 Å². The van der Waals surface area contributed by atoms with Gasteiger partial charge in [-0.2, -0.15) is 0 Å².